The van der Waals surface area contributed by atoms with Crippen LogP contribution in [-0.4, -0.2) is 66.6 Å². The summed E-state index contributed by atoms with van der Waals surface area (Å²) >= 11 is 0. The van der Waals surface area contributed by atoms with Crippen LogP contribution in [0.25, 0.3) is 0 Å². The summed E-state index contributed by atoms with van der Waals surface area (Å²) in [6, 6.07) is -0.139. The van der Waals surface area contributed by atoms with Gasteiger partial charge in [0, 0.05) is 39.8 Å². The topological polar surface area (TPSA) is 90.5 Å². The van der Waals surface area contributed by atoms with E-state index in [-0.39, 0.29) is 23.7 Å². The first kappa shape index (κ1) is 16.0. The van der Waals surface area contributed by atoms with Crippen LogP contribution in [-0.2, 0) is 0 Å². The molecule has 1 unspecified atom stereocenters. The molecule has 1 aliphatic rings. The van der Waals surface area contributed by atoms with E-state index < -0.39 is 0 Å². The summed E-state index contributed by atoms with van der Waals surface area (Å²) in [4.78, 5) is 35.7. The Labute approximate surface area is 129 Å². The molecule has 0 radical (unpaired) electrons. The Morgan fingerprint density at radius 2 is 2.14 bits per heavy atom. The fraction of sp³-hybridized carbons (Fsp3) is 0.571. The van der Waals surface area contributed by atoms with E-state index >= 15 is 0 Å². The lowest BCUT2D eigenvalue weighted by Crippen LogP contribution is -2.42. The van der Waals surface area contributed by atoms with E-state index in [4.69, 9.17) is 0 Å². The molecule has 22 heavy (non-hydrogen) atoms. The molecular formula is C14H22N6O2. The predicted octanol–water partition coefficient (Wildman–Crippen LogP) is 0.0762. The average molecular weight is 306 g/mol. The standard InChI is InChI=1S/C14H22N6O2/c1-4-15-14(22)20-6-5-10(9-20)18-13(21)11-7-17-12(8-16-11)19(2)3/h7-8,10H,4-6,9H2,1-3H3,(H,15,22)(H,18,21). The number of anilines is 1. The Hall–Kier alpha value is -2.38. The Bertz CT molecular complexity index is 531. The maximum atomic E-state index is 12.1. The smallest absolute Gasteiger partial charge is 0.317 e. The van der Waals surface area contributed by atoms with E-state index in [2.05, 4.69) is 20.6 Å². The summed E-state index contributed by atoms with van der Waals surface area (Å²) in [5, 5.41) is 5.65. The minimum atomic E-state index is -0.263. The number of amides is 3. The third-order valence-electron chi connectivity index (χ3n) is 3.47. The summed E-state index contributed by atoms with van der Waals surface area (Å²) in [6.07, 6.45) is 3.76. The molecule has 2 heterocycles. The summed E-state index contributed by atoms with van der Waals surface area (Å²) in [5.74, 6) is 0.431. The second-order valence-electron chi connectivity index (χ2n) is 5.39. The van der Waals surface area contributed by atoms with Gasteiger partial charge in [0.1, 0.15) is 11.5 Å². The number of likely N-dealkylation sites (tertiary alicyclic amines) is 1. The SMILES string of the molecule is CCNC(=O)N1CCC(NC(=O)c2cnc(N(C)C)cn2)C1. The van der Waals surface area contributed by atoms with Crippen molar-refractivity contribution in [3.8, 4) is 0 Å². The molecule has 1 fully saturated rings. The molecule has 2 N–H and O–H groups in total. The predicted molar refractivity (Wildman–Crippen MR) is 82.9 cm³/mol. The van der Waals surface area contributed by atoms with Crippen molar-refractivity contribution in [2.24, 2.45) is 0 Å². The van der Waals surface area contributed by atoms with E-state index in [1.54, 1.807) is 11.1 Å². The summed E-state index contributed by atoms with van der Waals surface area (Å²) in [5.41, 5.74) is 0.280. The number of hydrogen-bond acceptors (Lipinski definition) is 5. The van der Waals surface area contributed by atoms with Crippen LogP contribution in [0.2, 0.25) is 0 Å². The lowest BCUT2D eigenvalue weighted by molar-refractivity contribution is 0.0932. The van der Waals surface area contributed by atoms with Crippen molar-refractivity contribution in [2.45, 2.75) is 19.4 Å². The first-order chi connectivity index (χ1) is 10.5. The molecule has 2 rings (SSSR count). The summed E-state index contributed by atoms with van der Waals surface area (Å²) in [7, 11) is 3.72. The van der Waals surface area contributed by atoms with Gasteiger partial charge >= 0.3 is 6.03 Å². The molecular weight excluding hydrogens is 284 g/mol. The van der Waals surface area contributed by atoms with Crippen molar-refractivity contribution in [1.29, 1.82) is 0 Å². The Kier molecular flexibility index (Phi) is 5.13. The molecule has 8 nitrogen and oxygen atoms in total. The zero-order valence-corrected chi connectivity index (χ0v) is 13.2. The maximum absolute atomic E-state index is 12.1. The van der Waals surface area contributed by atoms with Crippen molar-refractivity contribution in [3.05, 3.63) is 18.1 Å². The van der Waals surface area contributed by atoms with Crippen LogP contribution in [0.4, 0.5) is 10.6 Å². The monoisotopic (exact) mass is 306 g/mol. The van der Waals surface area contributed by atoms with Crippen LogP contribution >= 0.6 is 0 Å². The number of hydrogen-bond donors (Lipinski definition) is 2. The highest BCUT2D eigenvalue weighted by Gasteiger charge is 2.27. The quantitative estimate of drug-likeness (QED) is 0.822. The molecule has 0 bridgehead atoms. The zero-order chi connectivity index (χ0) is 16.1. The van der Waals surface area contributed by atoms with Gasteiger partial charge in [-0.3, -0.25) is 4.79 Å². The molecule has 1 aromatic rings. The molecule has 0 aromatic carbocycles. The van der Waals surface area contributed by atoms with Gasteiger partial charge in [-0.15, -0.1) is 0 Å². The van der Waals surface area contributed by atoms with Gasteiger partial charge in [-0.2, -0.15) is 0 Å². The highest BCUT2D eigenvalue weighted by Crippen LogP contribution is 2.10. The van der Waals surface area contributed by atoms with E-state index in [0.717, 1.165) is 6.42 Å². The van der Waals surface area contributed by atoms with Gasteiger partial charge in [-0.1, -0.05) is 0 Å². The van der Waals surface area contributed by atoms with Crippen LogP contribution in [0.1, 0.15) is 23.8 Å². The van der Waals surface area contributed by atoms with Gasteiger partial charge in [-0.25, -0.2) is 14.8 Å². The molecule has 1 saturated heterocycles. The van der Waals surface area contributed by atoms with Gasteiger partial charge in [0.25, 0.3) is 5.91 Å². The minimum Gasteiger partial charge on any atom is -0.361 e. The number of nitrogens with zero attached hydrogens (tertiary/aromatic N) is 4. The van der Waals surface area contributed by atoms with Crippen LogP contribution in [0, 0.1) is 0 Å². The van der Waals surface area contributed by atoms with Crippen molar-refractivity contribution in [3.63, 3.8) is 0 Å². The lowest BCUT2D eigenvalue weighted by atomic mass is 10.2. The van der Waals surface area contributed by atoms with E-state index in [9.17, 15) is 9.59 Å². The molecule has 0 saturated carbocycles. The molecule has 3 amide bonds. The largest absolute Gasteiger partial charge is 0.361 e. The maximum Gasteiger partial charge on any atom is 0.317 e. The fourth-order valence-electron chi connectivity index (χ4n) is 2.25. The van der Waals surface area contributed by atoms with Gasteiger partial charge in [0.2, 0.25) is 0 Å². The first-order valence-electron chi connectivity index (χ1n) is 7.34. The van der Waals surface area contributed by atoms with Crippen molar-refractivity contribution < 1.29 is 9.59 Å². The fourth-order valence-corrected chi connectivity index (χ4v) is 2.25. The number of carbonyl (C=O) groups excluding carboxylic acids is 2. The van der Waals surface area contributed by atoms with Gasteiger partial charge < -0.3 is 20.4 Å². The Morgan fingerprint density at radius 1 is 1.36 bits per heavy atom. The van der Waals surface area contributed by atoms with Gasteiger partial charge in [-0.05, 0) is 13.3 Å². The molecule has 8 heteroatoms. The first-order valence-corrected chi connectivity index (χ1v) is 7.34. The Balaban J connectivity index is 1.89. The molecule has 1 aromatic heterocycles. The molecule has 0 aliphatic carbocycles. The minimum absolute atomic E-state index is 0.0505. The molecule has 0 spiro atoms. The van der Waals surface area contributed by atoms with Crippen LogP contribution in [0.5, 0.6) is 0 Å². The number of aromatic nitrogens is 2. The number of carbonyl (C=O) groups is 2. The van der Waals surface area contributed by atoms with Crippen molar-refractivity contribution in [2.75, 3.05) is 38.6 Å². The van der Waals surface area contributed by atoms with Gasteiger partial charge in [0.05, 0.1) is 12.4 Å². The molecule has 1 atom stereocenters. The normalized spacial score (nSPS) is 17.2. The third kappa shape index (κ3) is 3.84. The van der Waals surface area contributed by atoms with E-state index in [0.29, 0.717) is 25.5 Å². The second-order valence-corrected chi connectivity index (χ2v) is 5.39. The highest BCUT2D eigenvalue weighted by atomic mass is 16.2. The molecule has 120 valence electrons. The zero-order valence-electron chi connectivity index (χ0n) is 13.2. The lowest BCUT2D eigenvalue weighted by Gasteiger charge is -2.17. The number of nitrogens with one attached hydrogen (secondary N) is 2. The molecule has 1 aliphatic heterocycles. The number of rotatable bonds is 4. The summed E-state index contributed by atoms with van der Waals surface area (Å²) in [6.45, 7) is 3.63. The van der Waals surface area contributed by atoms with Gasteiger partial charge in [0.15, 0.2) is 0 Å². The van der Waals surface area contributed by atoms with E-state index in [1.165, 1.54) is 6.20 Å². The van der Waals surface area contributed by atoms with Crippen LogP contribution < -0.4 is 15.5 Å². The number of urea groups is 1. The van der Waals surface area contributed by atoms with Crippen LogP contribution in [0.15, 0.2) is 12.4 Å². The average Bonchev–Trinajstić information content (AvgIpc) is 2.96. The van der Waals surface area contributed by atoms with Crippen molar-refractivity contribution in [1.82, 2.24) is 25.5 Å². The van der Waals surface area contributed by atoms with Crippen LogP contribution in [0.3, 0.4) is 0 Å². The second kappa shape index (κ2) is 7.06. The summed E-state index contributed by atoms with van der Waals surface area (Å²) < 4.78 is 0. The van der Waals surface area contributed by atoms with Crippen molar-refractivity contribution >= 4 is 17.8 Å². The highest BCUT2D eigenvalue weighted by molar-refractivity contribution is 5.92. The third-order valence-corrected chi connectivity index (χ3v) is 3.47. The van der Waals surface area contributed by atoms with E-state index in [1.807, 2.05) is 25.9 Å². The Morgan fingerprint density at radius 3 is 2.73 bits per heavy atom.